The molecule has 110 valence electrons. The highest BCUT2D eigenvalue weighted by Crippen LogP contribution is 2.24. The van der Waals surface area contributed by atoms with Crippen LogP contribution in [-0.4, -0.2) is 43.7 Å². The molecule has 1 aromatic carbocycles. The van der Waals surface area contributed by atoms with E-state index in [1.54, 1.807) is 0 Å². The number of nitrogens with two attached hydrogens (primary N) is 1. The van der Waals surface area contributed by atoms with Crippen LogP contribution >= 0.6 is 0 Å². The summed E-state index contributed by atoms with van der Waals surface area (Å²) in [5.74, 6) is 0.729. The molecule has 3 rings (SSSR count). The molecule has 0 amide bonds. The molecular formula is C17H27N3. The van der Waals surface area contributed by atoms with Gasteiger partial charge in [-0.2, -0.15) is 0 Å². The predicted octanol–water partition coefficient (Wildman–Crippen LogP) is 2.33. The molecule has 20 heavy (non-hydrogen) atoms. The number of para-hydroxylation sites is 1. The van der Waals surface area contributed by atoms with E-state index in [-0.39, 0.29) is 0 Å². The zero-order valence-corrected chi connectivity index (χ0v) is 12.4. The van der Waals surface area contributed by atoms with E-state index >= 15 is 0 Å². The Bertz CT molecular complexity index is 398. The summed E-state index contributed by atoms with van der Waals surface area (Å²) in [7, 11) is 0. The standard InChI is InChI=1S/C17H27N3/c18-17-9-5-4-6-15(17)14-19-10-12-20(13-11-19)16-7-2-1-3-8-16/h1-3,7-8,15,17H,4-6,9-14,18H2. The van der Waals surface area contributed by atoms with Crippen LogP contribution < -0.4 is 10.6 Å². The number of hydrogen-bond acceptors (Lipinski definition) is 3. The minimum absolute atomic E-state index is 0.441. The fraction of sp³-hybridized carbons (Fsp3) is 0.647. The molecule has 0 aromatic heterocycles. The van der Waals surface area contributed by atoms with Crippen molar-refractivity contribution in [1.82, 2.24) is 4.90 Å². The maximum Gasteiger partial charge on any atom is 0.0367 e. The average Bonchev–Trinajstić information content (AvgIpc) is 2.51. The van der Waals surface area contributed by atoms with E-state index in [0.717, 1.165) is 19.0 Å². The molecule has 1 saturated heterocycles. The van der Waals surface area contributed by atoms with Crippen molar-refractivity contribution in [2.45, 2.75) is 31.7 Å². The molecular weight excluding hydrogens is 246 g/mol. The summed E-state index contributed by atoms with van der Waals surface area (Å²) < 4.78 is 0. The van der Waals surface area contributed by atoms with E-state index in [1.165, 1.54) is 51.0 Å². The average molecular weight is 273 g/mol. The van der Waals surface area contributed by atoms with Gasteiger partial charge in [-0.05, 0) is 30.9 Å². The Balaban J connectivity index is 1.49. The Morgan fingerprint density at radius 1 is 0.950 bits per heavy atom. The molecule has 3 heteroatoms. The summed E-state index contributed by atoms with van der Waals surface area (Å²) in [5, 5.41) is 0. The van der Waals surface area contributed by atoms with Crippen LogP contribution in [0.3, 0.4) is 0 Å². The lowest BCUT2D eigenvalue weighted by Gasteiger charge is -2.39. The van der Waals surface area contributed by atoms with Crippen molar-refractivity contribution < 1.29 is 0 Å². The normalized spacial score (nSPS) is 28.6. The highest BCUT2D eigenvalue weighted by Gasteiger charge is 2.25. The number of piperazine rings is 1. The molecule has 2 fully saturated rings. The molecule has 2 unspecified atom stereocenters. The fourth-order valence-corrected chi connectivity index (χ4v) is 3.62. The summed E-state index contributed by atoms with van der Waals surface area (Å²) in [5.41, 5.74) is 7.64. The van der Waals surface area contributed by atoms with Crippen molar-refractivity contribution in [2.75, 3.05) is 37.6 Å². The second kappa shape index (κ2) is 6.59. The Kier molecular flexibility index (Phi) is 4.58. The van der Waals surface area contributed by atoms with Gasteiger partial charge in [-0.15, -0.1) is 0 Å². The lowest BCUT2D eigenvalue weighted by Crippen LogP contribution is -2.50. The van der Waals surface area contributed by atoms with Crippen molar-refractivity contribution in [3.63, 3.8) is 0 Å². The maximum absolute atomic E-state index is 6.28. The lowest BCUT2D eigenvalue weighted by molar-refractivity contribution is 0.177. The molecule has 1 aliphatic heterocycles. The third-order valence-corrected chi connectivity index (χ3v) is 4.95. The van der Waals surface area contributed by atoms with Crippen molar-refractivity contribution >= 4 is 5.69 Å². The van der Waals surface area contributed by atoms with E-state index in [1.807, 2.05) is 0 Å². The van der Waals surface area contributed by atoms with Gasteiger partial charge in [0.25, 0.3) is 0 Å². The molecule has 1 aliphatic carbocycles. The zero-order chi connectivity index (χ0) is 13.8. The summed E-state index contributed by atoms with van der Waals surface area (Å²) in [6, 6.07) is 11.2. The van der Waals surface area contributed by atoms with Crippen LogP contribution in [0.4, 0.5) is 5.69 Å². The Labute approximate surface area is 122 Å². The fourth-order valence-electron chi connectivity index (χ4n) is 3.62. The van der Waals surface area contributed by atoms with Gasteiger partial charge in [0, 0.05) is 44.5 Å². The maximum atomic E-state index is 6.28. The third kappa shape index (κ3) is 3.33. The second-order valence-corrected chi connectivity index (χ2v) is 6.33. The number of nitrogens with zero attached hydrogens (tertiary/aromatic N) is 2. The summed E-state index contributed by atoms with van der Waals surface area (Å²) in [6.07, 6.45) is 5.27. The highest BCUT2D eigenvalue weighted by atomic mass is 15.3. The van der Waals surface area contributed by atoms with E-state index in [2.05, 4.69) is 40.1 Å². The first-order valence-electron chi connectivity index (χ1n) is 8.11. The molecule has 0 radical (unpaired) electrons. The highest BCUT2D eigenvalue weighted by molar-refractivity contribution is 5.46. The van der Waals surface area contributed by atoms with Gasteiger partial charge >= 0.3 is 0 Å². The van der Waals surface area contributed by atoms with Gasteiger partial charge in [0.2, 0.25) is 0 Å². The van der Waals surface area contributed by atoms with Crippen molar-refractivity contribution in [3.05, 3.63) is 30.3 Å². The quantitative estimate of drug-likeness (QED) is 0.917. The zero-order valence-electron chi connectivity index (χ0n) is 12.4. The third-order valence-electron chi connectivity index (χ3n) is 4.95. The Hall–Kier alpha value is -1.06. The molecule has 2 N–H and O–H groups in total. The largest absolute Gasteiger partial charge is 0.369 e. The van der Waals surface area contributed by atoms with Crippen LogP contribution in [0.5, 0.6) is 0 Å². The first-order valence-corrected chi connectivity index (χ1v) is 8.11. The molecule has 0 bridgehead atoms. The first kappa shape index (κ1) is 13.9. The van der Waals surface area contributed by atoms with Crippen molar-refractivity contribution in [1.29, 1.82) is 0 Å². The van der Waals surface area contributed by atoms with Gasteiger partial charge in [0.15, 0.2) is 0 Å². The lowest BCUT2D eigenvalue weighted by atomic mass is 9.84. The summed E-state index contributed by atoms with van der Waals surface area (Å²) in [4.78, 5) is 5.12. The van der Waals surface area contributed by atoms with Gasteiger partial charge in [-0.25, -0.2) is 0 Å². The van der Waals surface area contributed by atoms with Crippen LogP contribution in [-0.2, 0) is 0 Å². The van der Waals surface area contributed by atoms with Gasteiger partial charge in [-0.3, -0.25) is 4.90 Å². The van der Waals surface area contributed by atoms with Crippen LogP contribution in [0.15, 0.2) is 30.3 Å². The molecule has 1 aromatic rings. The first-order chi connectivity index (χ1) is 9.83. The molecule has 1 heterocycles. The molecule has 1 saturated carbocycles. The Morgan fingerprint density at radius 2 is 1.65 bits per heavy atom. The molecule has 0 spiro atoms. The SMILES string of the molecule is NC1CCCCC1CN1CCN(c2ccccc2)CC1. The summed E-state index contributed by atoms with van der Waals surface area (Å²) in [6.45, 7) is 5.86. The van der Waals surface area contributed by atoms with Gasteiger partial charge in [-0.1, -0.05) is 31.0 Å². The second-order valence-electron chi connectivity index (χ2n) is 6.33. The minimum Gasteiger partial charge on any atom is -0.369 e. The van der Waals surface area contributed by atoms with E-state index in [0.29, 0.717) is 6.04 Å². The van der Waals surface area contributed by atoms with E-state index in [9.17, 15) is 0 Å². The van der Waals surface area contributed by atoms with E-state index in [4.69, 9.17) is 5.73 Å². The number of hydrogen-bond donors (Lipinski definition) is 1. The van der Waals surface area contributed by atoms with Crippen molar-refractivity contribution in [2.24, 2.45) is 11.7 Å². The minimum atomic E-state index is 0.441. The van der Waals surface area contributed by atoms with Crippen LogP contribution in [0.2, 0.25) is 0 Å². The van der Waals surface area contributed by atoms with Crippen LogP contribution in [0.1, 0.15) is 25.7 Å². The monoisotopic (exact) mass is 273 g/mol. The number of rotatable bonds is 3. The molecule has 2 atom stereocenters. The van der Waals surface area contributed by atoms with E-state index < -0.39 is 0 Å². The topological polar surface area (TPSA) is 32.5 Å². The molecule has 3 nitrogen and oxygen atoms in total. The van der Waals surface area contributed by atoms with Crippen LogP contribution in [0.25, 0.3) is 0 Å². The van der Waals surface area contributed by atoms with Gasteiger partial charge in [0.05, 0.1) is 0 Å². The van der Waals surface area contributed by atoms with Crippen molar-refractivity contribution in [3.8, 4) is 0 Å². The van der Waals surface area contributed by atoms with Gasteiger partial charge in [0.1, 0.15) is 0 Å². The van der Waals surface area contributed by atoms with Gasteiger partial charge < -0.3 is 10.6 Å². The molecule has 2 aliphatic rings. The Morgan fingerprint density at radius 3 is 2.35 bits per heavy atom. The number of anilines is 1. The smallest absolute Gasteiger partial charge is 0.0367 e. The number of benzene rings is 1. The summed E-state index contributed by atoms with van der Waals surface area (Å²) >= 11 is 0. The van der Waals surface area contributed by atoms with Crippen LogP contribution in [0, 0.1) is 5.92 Å². The predicted molar refractivity (Wildman–Crippen MR) is 85.0 cm³/mol.